The Morgan fingerprint density at radius 3 is 2.42 bits per heavy atom. The predicted octanol–water partition coefficient (Wildman–Crippen LogP) is 1.25. The van der Waals surface area contributed by atoms with Crippen LogP contribution < -0.4 is 5.73 Å². The van der Waals surface area contributed by atoms with E-state index in [2.05, 4.69) is 28.3 Å². The summed E-state index contributed by atoms with van der Waals surface area (Å²) in [6.07, 6.45) is 4.78. The van der Waals surface area contributed by atoms with Gasteiger partial charge in [0.25, 0.3) is 0 Å². The number of carbonyl (C=O) groups is 2. The van der Waals surface area contributed by atoms with Gasteiger partial charge in [-0.3, -0.25) is 9.67 Å². The normalized spacial score (nSPS) is 10.7. The molecule has 3 aromatic rings. The van der Waals surface area contributed by atoms with E-state index in [-0.39, 0.29) is 0 Å². The van der Waals surface area contributed by atoms with Crippen LogP contribution in [0.2, 0.25) is 0 Å². The number of hydrogen-bond donors (Lipinski definition) is 3. The average Bonchev–Trinajstić information content (AvgIpc) is 2.97. The maximum absolute atomic E-state index is 9.55. The zero-order chi connectivity index (χ0) is 17.5. The van der Waals surface area contributed by atoms with Crippen LogP contribution in [0.1, 0.15) is 0 Å². The largest absolute Gasteiger partial charge is 0.478 e. The quantitative estimate of drug-likeness (QED) is 0.614. The second-order valence-electron chi connectivity index (χ2n) is 4.74. The highest BCUT2D eigenvalue weighted by atomic mass is 16.4. The molecule has 2 aromatic heterocycles. The molecule has 0 aliphatic rings. The SMILES string of the molecule is NCCn1ncc2ccc3cccnc3c21.O=C(O)C=CC(=O)O. The third-order valence-corrected chi connectivity index (χ3v) is 3.08. The van der Waals surface area contributed by atoms with Crippen LogP contribution in [-0.2, 0) is 16.1 Å². The fourth-order valence-electron chi connectivity index (χ4n) is 2.14. The molecule has 124 valence electrons. The lowest BCUT2D eigenvalue weighted by molar-refractivity contribution is -0.134. The fraction of sp³-hybridized carbons (Fsp3) is 0.125. The number of aromatic nitrogens is 3. The number of pyridine rings is 1. The molecular formula is C16H16N4O4. The van der Waals surface area contributed by atoms with Crippen molar-refractivity contribution >= 4 is 33.7 Å². The Morgan fingerprint density at radius 1 is 1.12 bits per heavy atom. The monoisotopic (exact) mass is 328 g/mol. The van der Waals surface area contributed by atoms with Gasteiger partial charge in [0.15, 0.2) is 0 Å². The first-order chi connectivity index (χ1) is 11.5. The molecule has 0 fully saturated rings. The van der Waals surface area contributed by atoms with Crippen LogP contribution in [-0.4, -0.2) is 43.5 Å². The number of aliphatic carboxylic acids is 2. The van der Waals surface area contributed by atoms with Crippen molar-refractivity contribution in [3.05, 3.63) is 48.8 Å². The smallest absolute Gasteiger partial charge is 0.328 e. The van der Waals surface area contributed by atoms with Gasteiger partial charge in [-0.05, 0) is 6.07 Å². The van der Waals surface area contributed by atoms with Crippen LogP contribution in [0.5, 0.6) is 0 Å². The van der Waals surface area contributed by atoms with Crippen molar-refractivity contribution < 1.29 is 19.8 Å². The molecule has 0 saturated carbocycles. The van der Waals surface area contributed by atoms with Gasteiger partial charge in [0.1, 0.15) is 0 Å². The first kappa shape index (κ1) is 17.1. The Kier molecular flexibility index (Phi) is 5.58. The van der Waals surface area contributed by atoms with E-state index in [1.54, 1.807) is 0 Å². The van der Waals surface area contributed by atoms with Gasteiger partial charge in [0.2, 0.25) is 0 Å². The molecule has 0 saturated heterocycles. The van der Waals surface area contributed by atoms with Crippen molar-refractivity contribution in [2.45, 2.75) is 6.54 Å². The van der Waals surface area contributed by atoms with Crippen molar-refractivity contribution in [1.29, 1.82) is 0 Å². The van der Waals surface area contributed by atoms with Crippen LogP contribution >= 0.6 is 0 Å². The van der Waals surface area contributed by atoms with Gasteiger partial charge in [-0.15, -0.1) is 0 Å². The molecule has 24 heavy (non-hydrogen) atoms. The van der Waals surface area contributed by atoms with Crippen molar-refractivity contribution in [1.82, 2.24) is 14.8 Å². The predicted molar refractivity (Wildman–Crippen MR) is 88.5 cm³/mol. The summed E-state index contributed by atoms with van der Waals surface area (Å²) in [6.45, 7) is 1.30. The minimum absolute atomic E-state index is 0.558. The number of carboxylic acid groups (broad SMARTS) is 2. The second kappa shape index (κ2) is 7.84. The standard InChI is InChI=1S/C12H12N4.C4H4O4/c13-5-7-16-12-10(8-15-16)4-3-9-2-1-6-14-11(9)12;5-3(6)1-2-4(7)8/h1-4,6,8H,5,7,13H2;1-2H,(H,5,6)(H,7,8). The van der Waals surface area contributed by atoms with Gasteiger partial charge in [-0.1, -0.05) is 18.2 Å². The molecule has 8 heteroatoms. The van der Waals surface area contributed by atoms with E-state index in [0.717, 1.165) is 28.4 Å². The lowest BCUT2D eigenvalue weighted by Gasteiger charge is -2.03. The summed E-state index contributed by atoms with van der Waals surface area (Å²) in [5.74, 6) is -2.51. The molecule has 0 aliphatic heterocycles. The average molecular weight is 328 g/mol. The van der Waals surface area contributed by atoms with Crippen LogP contribution in [0.3, 0.4) is 0 Å². The fourth-order valence-corrected chi connectivity index (χ4v) is 2.14. The second-order valence-corrected chi connectivity index (χ2v) is 4.74. The maximum Gasteiger partial charge on any atom is 0.328 e. The minimum Gasteiger partial charge on any atom is -0.478 e. The minimum atomic E-state index is -1.26. The van der Waals surface area contributed by atoms with E-state index in [4.69, 9.17) is 15.9 Å². The van der Waals surface area contributed by atoms with Gasteiger partial charge in [0.05, 0.1) is 23.8 Å². The number of fused-ring (bicyclic) bond motifs is 3. The first-order valence-corrected chi connectivity index (χ1v) is 7.06. The molecule has 0 radical (unpaired) electrons. The number of benzene rings is 1. The van der Waals surface area contributed by atoms with E-state index in [0.29, 0.717) is 18.7 Å². The molecule has 1 aromatic carbocycles. The number of carboxylic acids is 2. The van der Waals surface area contributed by atoms with Gasteiger partial charge >= 0.3 is 11.9 Å². The number of rotatable bonds is 4. The van der Waals surface area contributed by atoms with E-state index < -0.39 is 11.9 Å². The highest BCUT2D eigenvalue weighted by Crippen LogP contribution is 2.22. The van der Waals surface area contributed by atoms with Crippen LogP contribution in [0.25, 0.3) is 21.8 Å². The van der Waals surface area contributed by atoms with Crippen LogP contribution in [0, 0.1) is 0 Å². The van der Waals surface area contributed by atoms with Crippen molar-refractivity contribution in [3.63, 3.8) is 0 Å². The van der Waals surface area contributed by atoms with Crippen molar-refractivity contribution in [2.75, 3.05) is 6.54 Å². The summed E-state index contributed by atoms with van der Waals surface area (Å²) < 4.78 is 1.92. The van der Waals surface area contributed by atoms with Crippen molar-refractivity contribution in [3.8, 4) is 0 Å². The Morgan fingerprint density at radius 2 is 1.79 bits per heavy atom. The molecule has 0 bridgehead atoms. The summed E-state index contributed by atoms with van der Waals surface area (Å²) in [4.78, 5) is 23.5. The molecule has 0 atom stereocenters. The van der Waals surface area contributed by atoms with Gasteiger partial charge in [0, 0.05) is 35.7 Å². The lowest BCUT2D eigenvalue weighted by Crippen LogP contribution is -2.10. The summed E-state index contributed by atoms with van der Waals surface area (Å²) in [5, 5.41) is 22.2. The van der Waals surface area contributed by atoms with Crippen LogP contribution in [0.15, 0.2) is 48.8 Å². The first-order valence-electron chi connectivity index (χ1n) is 7.06. The molecule has 8 nitrogen and oxygen atoms in total. The summed E-state index contributed by atoms with van der Waals surface area (Å²) in [7, 11) is 0. The summed E-state index contributed by atoms with van der Waals surface area (Å²) in [6, 6.07) is 8.14. The highest BCUT2D eigenvalue weighted by Gasteiger charge is 2.06. The van der Waals surface area contributed by atoms with Gasteiger partial charge in [-0.25, -0.2) is 9.59 Å². The number of nitrogens with two attached hydrogens (primary N) is 1. The third-order valence-electron chi connectivity index (χ3n) is 3.08. The molecule has 2 heterocycles. The highest BCUT2D eigenvalue weighted by molar-refractivity contribution is 6.02. The molecule has 0 amide bonds. The zero-order valence-corrected chi connectivity index (χ0v) is 12.7. The topological polar surface area (TPSA) is 131 Å². The third kappa shape index (κ3) is 4.14. The molecule has 4 N–H and O–H groups in total. The van der Waals surface area contributed by atoms with E-state index in [9.17, 15) is 9.59 Å². The molecule has 0 spiro atoms. The Labute approximate surface area is 136 Å². The number of hydrogen-bond acceptors (Lipinski definition) is 5. The van der Waals surface area contributed by atoms with Gasteiger partial charge < -0.3 is 15.9 Å². The number of nitrogens with zero attached hydrogens (tertiary/aromatic N) is 3. The van der Waals surface area contributed by atoms with E-state index in [1.807, 2.05) is 23.1 Å². The Hall–Kier alpha value is -3.26. The molecule has 0 aliphatic carbocycles. The van der Waals surface area contributed by atoms with Gasteiger partial charge in [-0.2, -0.15) is 5.10 Å². The summed E-state index contributed by atoms with van der Waals surface area (Å²) in [5.41, 5.74) is 7.64. The lowest BCUT2D eigenvalue weighted by atomic mass is 10.1. The van der Waals surface area contributed by atoms with E-state index >= 15 is 0 Å². The molecule has 3 rings (SSSR count). The van der Waals surface area contributed by atoms with Crippen molar-refractivity contribution in [2.24, 2.45) is 5.73 Å². The Bertz CT molecular complexity index is 885. The molecule has 0 unspecified atom stereocenters. The van der Waals surface area contributed by atoms with E-state index in [1.165, 1.54) is 0 Å². The zero-order valence-electron chi connectivity index (χ0n) is 12.7. The molecular weight excluding hydrogens is 312 g/mol. The van der Waals surface area contributed by atoms with Crippen LogP contribution in [0.4, 0.5) is 0 Å². The maximum atomic E-state index is 9.55. The Balaban J connectivity index is 0.000000224. The summed E-state index contributed by atoms with van der Waals surface area (Å²) >= 11 is 0.